The lowest BCUT2D eigenvalue weighted by Crippen LogP contribution is -2.52. The maximum absolute atomic E-state index is 14.3. The van der Waals surface area contributed by atoms with Crippen molar-refractivity contribution in [1.29, 1.82) is 0 Å². The van der Waals surface area contributed by atoms with Crippen molar-refractivity contribution in [1.82, 2.24) is 9.62 Å². The second kappa shape index (κ2) is 14.6. The van der Waals surface area contributed by atoms with Gasteiger partial charge in [-0.05, 0) is 55.7 Å². The summed E-state index contributed by atoms with van der Waals surface area (Å²) in [6.07, 6.45) is -1.08. The summed E-state index contributed by atoms with van der Waals surface area (Å²) in [5.74, 6) is 0.357. The van der Waals surface area contributed by atoms with Crippen molar-refractivity contribution >= 4 is 21.8 Å². The summed E-state index contributed by atoms with van der Waals surface area (Å²) in [6, 6.07) is 13.0. The Morgan fingerprint density at radius 3 is 2.70 bits per heavy atom. The van der Waals surface area contributed by atoms with E-state index >= 15 is 0 Å². The minimum absolute atomic E-state index is 0.0145. The summed E-state index contributed by atoms with van der Waals surface area (Å²) < 4.78 is 57.7. The van der Waals surface area contributed by atoms with Gasteiger partial charge in [0.05, 0.1) is 37.0 Å². The van der Waals surface area contributed by atoms with Crippen LogP contribution in [0.3, 0.4) is 0 Å². The number of benzene rings is 2. The molecule has 3 aliphatic heterocycles. The van der Waals surface area contributed by atoms with E-state index in [4.69, 9.17) is 28.9 Å². The number of aliphatic hydroxyl groups excluding tert-OH is 1. The number of carbonyl (C=O) groups is 1. The van der Waals surface area contributed by atoms with Gasteiger partial charge in [0.2, 0.25) is 16.8 Å². The van der Waals surface area contributed by atoms with Gasteiger partial charge in [0.1, 0.15) is 11.0 Å². The molecule has 13 nitrogen and oxygen atoms in total. The molecule has 0 bridgehead atoms. The van der Waals surface area contributed by atoms with Crippen molar-refractivity contribution in [3.63, 3.8) is 0 Å². The molecule has 0 saturated carbocycles. The Morgan fingerprint density at radius 1 is 1.15 bits per heavy atom. The summed E-state index contributed by atoms with van der Waals surface area (Å²) in [4.78, 5) is 13.1. The van der Waals surface area contributed by atoms with Crippen LogP contribution in [0, 0.1) is 11.3 Å². The van der Waals surface area contributed by atoms with E-state index in [1.807, 2.05) is 44.2 Å². The summed E-state index contributed by atoms with van der Waals surface area (Å²) in [6.45, 7) is 5.80. The number of para-hydroxylation sites is 1. The zero-order chi connectivity index (χ0) is 32.9. The predicted molar refractivity (Wildman–Crippen MR) is 166 cm³/mol. The van der Waals surface area contributed by atoms with Gasteiger partial charge in [0, 0.05) is 13.1 Å². The zero-order valence-corrected chi connectivity index (χ0v) is 27.1. The first-order valence-corrected chi connectivity index (χ1v) is 16.9. The van der Waals surface area contributed by atoms with Crippen LogP contribution in [0.2, 0.25) is 0 Å². The number of nitrogens with zero attached hydrogens (tertiary/aromatic N) is 2. The molecule has 3 N–H and O–H groups in total. The molecule has 14 heteroatoms. The SMILES string of the molecule is C/C(CCC(C)(C)CN(C[C@@H](O)[C@H](Cc1ccccc1)NC(=O)O[C@H]1CO[C@H]2OCC[C@H]21)S(=O)(=O)c1cccc2c1OCO2)=N/O. The molecule has 0 spiro atoms. The number of hydrogen-bond donors (Lipinski definition) is 3. The highest BCUT2D eigenvalue weighted by molar-refractivity contribution is 7.89. The number of oxime groups is 1. The van der Waals surface area contributed by atoms with E-state index < -0.39 is 46.1 Å². The molecule has 252 valence electrons. The first-order valence-electron chi connectivity index (χ1n) is 15.5. The normalized spacial score (nSPS) is 22.5. The van der Waals surface area contributed by atoms with Gasteiger partial charge in [0.25, 0.3) is 0 Å². The van der Waals surface area contributed by atoms with Gasteiger partial charge in [0.15, 0.2) is 17.8 Å². The third-order valence-corrected chi connectivity index (χ3v) is 10.5. The molecule has 0 unspecified atom stereocenters. The molecule has 3 aliphatic rings. The molecule has 3 heterocycles. The Bertz CT molecular complexity index is 1490. The molecule has 2 aromatic rings. The lowest BCUT2D eigenvalue weighted by molar-refractivity contribution is -0.0907. The molecule has 46 heavy (non-hydrogen) atoms. The summed E-state index contributed by atoms with van der Waals surface area (Å²) in [5, 5.41) is 26.9. The highest BCUT2D eigenvalue weighted by Gasteiger charge is 2.44. The van der Waals surface area contributed by atoms with Crippen molar-refractivity contribution in [2.24, 2.45) is 16.5 Å². The average molecular weight is 662 g/mol. The van der Waals surface area contributed by atoms with Crippen LogP contribution in [0.5, 0.6) is 11.5 Å². The van der Waals surface area contributed by atoms with Crippen molar-refractivity contribution in [2.45, 2.75) is 75.9 Å². The maximum Gasteiger partial charge on any atom is 0.407 e. The van der Waals surface area contributed by atoms with Gasteiger partial charge >= 0.3 is 6.09 Å². The van der Waals surface area contributed by atoms with Crippen molar-refractivity contribution < 1.29 is 47.2 Å². The van der Waals surface area contributed by atoms with Gasteiger partial charge in [-0.25, -0.2) is 13.2 Å². The topological polar surface area (TPSA) is 165 Å². The van der Waals surface area contributed by atoms with E-state index in [0.29, 0.717) is 37.3 Å². The summed E-state index contributed by atoms with van der Waals surface area (Å²) >= 11 is 0. The Kier molecular flexibility index (Phi) is 10.7. The first-order chi connectivity index (χ1) is 22.0. The maximum atomic E-state index is 14.3. The third-order valence-electron chi connectivity index (χ3n) is 8.62. The number of alkyl carbamates (subject to hydrolysis) is 1. The monoisotopic (exact) mass is 661 g/mol. The minimum Gasteiger partial charge on any atom is -0.454 e. The van der Waals surface area contributed by atoms with E-state index in [0.717, 1.165) is 5.56 Å². The summed E-state index contributed by atoms with van der Waals surface area (Å²) in [5.41, 5.74) is 0.750. The zero-order valence-electron chi connectivity index (χ0n) is 26.3. The molecule has 0 aliphatic carbocycles. The van der Waals surface area contributed by atoms with Crippen LogP contribution in [-0.2, 0) is 30.7 Å². The minimum atomic E-state index is -4.25. The number of aliphatic hydroxyl groups is 1. The van der Waals surface area contributed by atoms with Crippen LogP contribution in [0.15, 0.2) is 58.6 Å². The average Bonchev–Trinajstić information content (AvgIpc) is 3.78. The molecule has 2 aromatic carbocycles. The predicted octanol–water partition coefficient (Wildman–Crippen LogP) is 3.52. The number of fused-ring (bicyclic) bond motifs is 2. The molecular formula is C32H43N3O10S. The molecule has 1 amide bonds. The highest BCUT2D eigenvalue weighted by Crippen LogP contribution is 2.40. The fourth-order valence-corrected chi connectivity index (χ4v) is 7.77. The molecule has 2 fully saturated rings. The fraction of sp³-hybridized carbons (Fsp3) is 0.562. The third kappa shape index (κ3) is 8.10. The number of carbonyl (C=O) groups excluding carboxylic acids is 1. The van der Waals surface area contributed by atoms with Crippen molar-refractivity contribution in [3.05, 3.63) is 54.1 Å². The molecule has 5 atom stereocenters. The van der Waals surface area contributed by atoms with Crippen LogP contribution < -0.4 is 14.8 Å². The van der Waals surface area contributed by atoms with Crippen LogP contribution in [0.4, 0.5) is 4.79 Å². The number of amides is 1. The van der Waals surface area contributed by atoms with E-state index in [-0.39, 0.29) is 49.5 Å². The number of nitrogens with one attached hydrogen (secondary N) is 1. The Morgan fingerprint density at radius 2 is 1.93 bits per heavy atom. The van der Waals surface area contributed by atoms with E-state index in [9.17, 15) is 18.3 Å². The first kappa shape index (κ1) is 33.9. The lowest BCUT2D eigenvalue weighted by atomic mass is 9.86. The second-order valence-electron chi connectivity index (χ2n) is 12.8. The highest BCUT2D eigenvalue weighted by atomic mass is 32.2. The van der Waals surface area contributed by atoms with E-state index in [2.05, 4.69) is 10.5 Å². The number of rotatable bonds is 14. The molecule has 2 saturated heterocycles. The lowest BCUT2D eigenvalue weighted by Gasteiger charge is -2.35. The largest absolute Gasteiger partial charge is 0.454 e. The fourth-order valence-electron chi connectivity index (χ4n) is 5.98. The number of ether oxygens (including phenoxy) is 5. The molecular weight excluding hydrogens is 618 g/mol. The van der Waals surface area contributed by atoms with Gasteiger partial charge in [-0.1, -0.05) is 55.4 Å². The van der Waals surface area contributed by atoms with Gasteiger partial charge in [-0.3, -0.25) is 0 Å². The Labute approximate surface area is 269 Å². The van der Waals surface area contributed by atoms with E-state index in [1.165, 1.54) is 10.4 Å². The summed E-state index contributed by atoms with van der Waals surface area (Å²) in [7, 11) is -4.25. The Balaban J connectivity index is 1.40. The number of sulfonamides is 1. The van der Waals surface area contributed by atoms with Gasteiger partial charge < -0.3 is 39.3 Å². The van der Waals surface area contributed by atoms with E-state index in [1.54, 1.807) is 19.1 Å². The van der Waals surface area contributed by atoms with Crippen LogP contribution >= 0.6 is 0 Å². The molecule has 5 rings (SSSR count). The number of hydrogen-bond acceptors (Lipinski definition) is 11. The van der Waals surface area contributed by atoms with Crippen LogP contribution in [0.1, 0.15) is 45.6 Å². The van der Waals surface area contributed by atoms with Crippen molar-refractivity contribution in [3.8, 4) is 11.5 Å². The van der Waals surface area contributed by atoms with Crippen LogP contribution in [0.25, 0.3) is 0 Å². The van der Waals surface area contributed by atoms with Gasteiger partial charge in [-0.15, -0.1) is 0 Å². The Hall–Kier alpha value is -3.43. The van der Waals surface area contributed by atoms with Crippen molar-refractivity contribution in [2.75, 3.05) is 33.1 Å². The van der Waals surface area contributed by atoms with Gasteiger partial charge in [-0.2, -0.15) is 4.31 Å². The molecule has 0 aromatic heterocycles. The molecule has 0 radical (unpaired) electrons. The smallest absolute Gasteiger partial charge is 0.407 e. The standard InChI is InChI=1S/C32H43N3O10S/c1-21(34-38)12-14-32(2,3)19-35(46(39,40)28-11-7-10-26-29(28)44-20-43-26)17-25(36)24(16-22-8-5-4-6-9-22)33-31(37)45-27-18-42-30-23(27)13-15-41-30/h4-11,23-25,27,30,36,38H,12-20H2,1-3H3,(H,33,37)/b34-21-/t23-,24-,25+,27-,30+/m0/s1. The van der Waals surface area contributed by atoms with Crippen LogP contribution in [-0.4, -0.2) is 92.5 Å². The second-order valence-corrected chi connectivity index (χ2v) is 14.7. The quantitative estimate of drug-likeness (QED) is 0.155.